The molecule has 1 N–H and O–H groups in total. The fourth-order valence-electron chi connectivity index (χ4n) is 1.76. The predicted octanol–water partition coefficient (Wildman–Crippen LogP) is 4.81. The van der Waals surface area contributed by atoms with Crippen LogP contribution >= 0.6 is 46.1 Å². The van der Waals surface area contributed by atoms with Gasteiger partial charge in [-0.3, -0.25) is 10.1 Å². The predicted molar refractivity (Wildman–Crippen MR) is 92.6 cm³/mol. The standard InChI is InChI=1S/C14H7Cl3N4OS/c15-9-4-2-1-3-7(9)13-20-21-14(23-13)19-12(22)8-5-6-10(16)18-11(8)17/h1-6H,(H,19,21,22). The number of carbonyl (C=O) groups excluding carboxylic acids is 1. The molecule has 5 nitrogen and oxygen atoms in total. The van der Waals surface area contributed by atoms with E-state index in [1.54, 1.807) is 6.07 Å². The molecule has 2 heterocycles. The maximum Gasteiger partial charge on any atom is 0.260 e. The van der Waals surface area contributed by atoms with E-state index in [1.165, 1.54) is 23.5 Å². The van der Waals surface area contributed by atoms with E-state index in [4.69, 9.17) is 34.8 Å². The molecule has 0 saturated carbocycles. The van der Waals surface area contributed by atoms with Gasteiger partial charge < -0.3 is 0 Å². The van der Waals surface area contributed by atoms with Gasteiger partial charge >= 0.3 is 0 Å². The number of nitrogens with one attached hydrogen (secondary N) is 1. The summed E-state index contributed by atoms with van der Waals surface area (Å²) < 4.78 is 0. The van der Waals surface area contributed by atoms with Crippen molar-refractivity contribution in [3.05, 3.63) is 57.3 Å². The first kappa shape index (κ1) is 16.1. The van der Waals surface area contributed by atoms with Gasteiger partial charge in [0.25, 0.3) is 5.91 Å². The van der Waals surface area contributed by atoms with Gasteiger partial charge in [0.2, 0.25) is 5.13 Å². The first-order valence-electron chi connectivity index (χ1n) is 6.26. The number of hydrogen-bond acceptors (Lipinski definition) is 5. The van der Waals surface area contributed by atoms with E-state index in [9.17, 15) is 4.79 Å². The number of rotatable bonds is 3. The van der Waals surface area contributed by atoms with Crippen molar-refractivity contribution in [3.8, 4) is 10.6 Å². The van der Waals surface area contributed by atoms with Crippen LogP contribution in [0.25, 0.3) is 10.6 Å². The Kier molecular flexibility index (Phi) is 4.77. The highest BCUT2D eigenvalue weighted by Gasteiger charge is 2.15. The van der Waals surface area contributed by atoms with Crippen molar-refractivity contribution in [2.45, 2.75) is 0 Å². The van der Waals surface area contributed by atoms with Gasteiger partial charge in [-0.15, -0.1) is 10.2 Å². The molecule has 3 aromatic rings. The molecular formula is C14H7Cl3N4OS. The minimum atomic E-state index is -0.443. The lowest BCUT2D eigenvalue weighted by molar-refractivity contribution is 0.102. The van der Waals surface area contributed by atoms with Gasteiger partial charge in [0.15, 0.2) is 5.01 Å². The fraction of sp³-hybridized carbons (Fsp3) is 0. The summed E-state index contributed by atoms with van der Waals surface area (Å²) >= 11 is 18.9. The lowest BCUT2D eigenvalue weighted by Crippen LogP contribution is -2.12. The van der Waals surface area contributed by atoms with Crippen molar-refractivity contribution in [2.24, 2.45) is 0 Å². The largest absolute Gasteiger partial charge is 0.296 e. The Hall–Kier alpha value is -1.73. The summed E-state index contributed by atoms with van der Waals surface area (Å²) in [6.07, 6.45) is 0. The highest BCUT2D eigenvalue weighted by molar-refractivity contribution is 7.18. The second-order valence-corrected chi connectivity index (χ2v) is 6.45. The van der Waals surface area contributed by atoms with Crippen molar-refractivity contribution >= 4 is 57.2 Å². The number of anilines is 1. The van der Waals surface area contributed by atoms with Crippen molar-refractivity contribution in [3.63, 3.8) is 0 Å². The van der Waals surface area contributed by atoms with Crippen LogP contribution < -0.4 is 5.32 Å². The minimum Gasteiger partial charge on any atom is -0.296 e. The molecule has 23 heavy (non-hydrogen) atoms. The Balaban J connectivity index is 1.82. The molecular weight excluding hydrogens is 379 g/mol. The van der Waals surface area contributed by atoms with Crippen LogP contribution in [0, 0.1) is 0 Å². The van der Waals surface area contributed by atoms with Gasteiger partial charge in [-0.2, -0.15) is 0 Å². The van der Waals surface area contributed by atoms with E-state index < -0.39 is 5.91 Å². The zero-order chi connectivity index (χ0) is 16.4. The Bertz CT molecular complexity index is 884. The third-order valence-corrected chi connectivity index (χ3v) is 4.51. The topological polar surface area (TPSA) is 67.8 Å². The van der Waals surface area contributed by atoms with Crippen LogP contribution in [0.3, 0.4) is 0 Å². The zero-order valence-electron chi connectivity index (χ0n) is 11.3. The Morgan fingerprint density at radius 1 is 1.04 bits per heavy atom. The Morgan fingerprint density at radius 3 is 2.57 bits per heavy atom. The summed E-state index contributed by atoms with van der Waals surface area (Å²) in [5.74, 6) is -0.443. The molecule has 0 atom stereocenters. The number of halogens is 3. The lowest BCUT2D eigenvalue weighted by Gasteiger charge is -2.03. The first-order valence-corrected chi connectivity index (χ1v) is 8.21. The summed E-state index contributed by atoms with van der Waals surface area (Å²) in [7, 11) is 0. The van der Waals surface area contributed by atoms with Gasteiger partial charge in [0.1, 0.15) is 10.3 Å². The van der Waals surface area contributed by atoms with Crippen LogP contribution in [-0.2, 0) is 0 Å². The lowest BCUT2D eigenvalue weighted by atomic mass is 10.2. The quantitative estimate of drug-likeness (QED) is 0.657. The summed E-state index contributed by atoms with van der Waals surface area (Å²) in [6.45, 7) is 0. The number of aromatic nitrogens is 3. The molecule has 2 aromatic heterocycles. The zero-order valence-corrected chi connectivity index (χ0v) is 14.3. The fourth-order valence-corrected chi connectivity index (χ4v) is 3.25. The van der Waals surface area contributed by atoms with E-state index in [1.807, 2.05) is 18.2 Å². The maximum absolute atomic E-state index is 12.2. The number of hydrogen-bond donors (Lipinski definition) is 1. The molecule has 0 bridgehead atoms. The van der Waals surface area contributed by atoms with Crippen LogP contribution in [-0.4, -0.2) is 21.1 Å². The second-order valence-electron chi connectivity index (χ2n) is 4.32. The third kappa shape index (κ3) is 3.61. The molecule has 0 unspecified atom stereocenters. The van der Waals surface area contributed by atoms with Crippen LogP contribution in [0.4, 0.5) is 5.13 Å². The van der Waals surface area contributed by atoms with Crippen molar-refractivity contribution in [2.75, 3.05) is 5.32 Å². The van der Waals surface area contributed by atoms with Crippen molar-refractivity contribution < 1.29 is 4.79 Å². The van der Waals surface area contributed by atoms with Crippen molar-refractivity contribution in [1.82, 2.24) is 15.2 Å². The number of pyridine rings is 1. The molecule has 0 radical (unpaired) electrons. The number of amides is 1. The van der Waals surface area contributed by atoms with Crippen LogP contribution in [0.15, 0.2) is 36.4 Å². The van der Waals surface area contributed by atoms with Gasteiger partial charge in [0.05, 0.1) is 10.6 Å². The molecule has 0 aliphatic heterocycles. The molecule has 0 fully saturated rings. The van der Waals surface area contributed by atoms with E-state index >= 15 is 0 Å². The number of carbonyl (C=O) groups is 1. The van der Waals surface area contributed by atoms with Gasteiger partial charge in [0, 0.05) is 5.56 Å². The van der Waals surface area contributed by atoms with Crippen LogP contribution in [0.2, 0.25) is 15.3 Å². The first-order chi connectivity index (χ1) is 11.0. The molecule has 9 heteroatoms. The normalized spacial score (nSPS) is 10.6. The molecule has 1 amide bonds. The number of nitrogens with zero attached hydrogens (tertiary/aromatic N) is 3. The molecule has 3 rings (SSSR count). The van der Waals surface area contributed by atoms with E-state index in [0.29, 0.717) is 15.2 Å². The highest BCUT2D eigenvalue weighted by Crippen LogP contribution is 2.31. The Labute approximate surface area is 150 Å². The van der Waals surface area contributed by atoms with Gasteiger partial charge in [-0.25, -0.2) is 4.98 Å². The molecule has 0 aliphatic carbocycles. The van der Waals surface area contributed by atoms with Gasteiger partial charge in [-0.05, 0) is 18.2 Å². The molecule has 0 aliphatic rings. The van der Waals surface area contributed by atoms with E-state index in [-0.39, 0.29) is 15.9 Å². The molecule has 1 aromatic carbocycles. The average molecular weight is 386 g/mol. The molecule has 0 saturated heterocycles. The number of benzene rings is 1. The summed E-state index contributed by atoms with van der Waals surface area (Å²) in [5, 5.41) is 12.3. The SMILES string of the molecule is O=C(Nc1nnc(-c2ccccc2Cl)s1)c1ccc(Cl)nc1Cl. The van der Waals surface area contributed by atoms with E-state index in [0.717, 1.165) is 5.56 Å². The monoisotopic (exact) mass is 384 g/mol. The summed E-state index contributed by atoms with van der Waals surface area (Å²) in [5.41, 5.74) is 0.948. The summed E-state index contributed by atoms with van der Waals surface area (Å²) in [6, 6.07) is 10.2. The Morgan fingerprint density at radius 2 is 1.83 bits per heavy atom. The van der Waals surface area contributed by atoms with Gasteiger partial charge in [-0.1, -0.05) is 64.3 Å². The minimum absolute atomic E-state index is 0.0193. The average Bonchev–Trinajstić information content (AvgIpc) is 2.95. The second kappa shape index (κ2) is 6.80. The van der Waals surface area contributed by atoms with Crippen LogP contribution in [0.1, 0.15) is 10.4 Å². The third-order valence-electron chi connectivity index (χ3n) is 2.81. The smallest absolute Gasteiger partial charge is 0.260 e. The molecule has 0 spiro atoms. The maximum atomic E-state index is 12.2. The van der Waals surface area contributed by atoms with Crippen LogP contribution in [0.5, 0.6) is 0 Å². The summed E-state index contributed by atoms with van der Waals surface area (Å²) in [4.78, 5) is 16.0. The molecule has 116 valence electrons. The highest BCUT2D eigenvalue weighted by atomic mass is 35.5. The van der Waals surface area contributed by atoms with Crippen molar-refractivity contribution in [1.29, 1.82) is 0 Å². The van der Waals surface area contributed by atoms with E-state index in [2.05, 4.69) is 20.5 Å².